The maximum atomic E-state index is 7.13. The van der Waals surface area contributed by atoms with Gasteiger partial charge < -0.3 is 12.3 Å². The molecule has 0 spiro atoms. The molecule has 0 saturated carbocycles. The Hall–Kier alpha value is 0.374. The molecule has 64 valence electrons. The molecule has 12 heavy (non-hydrogen) atoms. The molecule has 0 radical (unpaired) electrons. The van der Waals surface area contributed by atoms with Crippen molar-refractivity contribution in [2.45, 2.75) is 51.4 Å². The zero-order chi connectivity index (χ0) is 9.28. The predicted octanol–water partition coefficient (Wildman–Crippen LogP) is 0.479. The summed E-state index contributed by atoms with van der Waals surface area (Å²) in [6, 6.07) is 0. The van der Waals surface area contributed by atoms with Gasteiger partial charge in [0.2, 0.25) is 0 Å². The summed E-state index contributed by atoms with van der Waals surface area (Å²) in [5.41, 5.74) is 0.363. The van der Waals surface area contributed by atoms with Gasteiger partial charge in [-0.15, -0.1) is 0 Å². The van der Waals surface area contributed by atoms with Crippen molar-refractivity contribution in [3.63, 3.8) is 0 Å². The van der Waals surface area contributed by atoms with Gasteiger partial charge in [0.15, 0.2) is 0 Å². The van der Waals surface area contributed by atoms with E-state index in [1.54, 1.807) is 0 Å². The van der Waals surface area contributed by atoms with Crippen LogP contribution in [0.2, 0.25) is 23.7 Å². The van der Waals surface area contributed by atoms with Crippen LogP contribution in [0.15, 0.2) is 0 Å². The Morgan fingerprint density at radius 2 is 1.58 bits per heavy atom. The smallest absolute Gasteiger partial charge is 0.694 e. The predicted molar refractivity (Wildman–Crippen MR) is 53.8 cm³/mol. The third kappa shape index (κ3) is 3.02. The molecule has 0 aromatic carbocycles. The van der Waals surface area contributed by atoms with Crippen molar-refractivity contribution >= 4 is 8.07 Å². The summed E-state index contributed by atoms with van der Waals surface area (Å²) in [4.78, 5) is 0. The van der Waals surface area contributed by atoms with Gasteiger partial charge in [0.05, 0.1) is 8.07 Å². The van der Waals surface area contributed by atoms with E-state index in [1.165, 1.54) is 0 Å². The van der Waals surface area contributed by atoms with E-state index in [1.807, 2.05) is 0 Å². The van der Waals surface area contributed by atoms with Gasteiger partial charge in [-0.1, -0.05) is 40.8 Å². The molecule has 0 aliphatic rings. The minimum Gasteiger partial charge on any atom is -0.694 e. The summed E-state index contributed by atoms with van der Waals surface area (Å²) < 4.78 is 0. The molecule has 0 bridgehead atoms. The summed E-state index contributed by atoms with van der Waals surface area (Å²) in [5.74, 6) is 2.62. The summed E-state index contributed by atoms with van der Waals surface area (Å²) >= 11 is 0. The zero-order valence-electron chi connectivity index (χ0n) is 9.58. The minimum absolute atomic E-state index is 0. The molecule has 0 N–H and O–H groups in total. The van der Waals surface area contributed by atoms with E-state index < -0.39 is 8.07 Å². The summed E-state index contributed by atoms with van der Waals surface area (Å²) in [7, 11) is -1.31. The third-order valence-corrected chi connectivity index (χ3v) is 9.41. The quantitative estimate of drug-likeness (QED) is 0.308. The van der Waals surface area contributed by atoms with Gasteiger partial charge in [-0.25, -0.2) is 0 Å². The van der Waals surface area contributed by atoms with Gasteiger partial charge in [0.1, 0.15) is 0 Å². The number of hydrogen-bond donors (Lipinski definition) is 0. The second kappa shape index (κ2) is 4.57. The topological polar surface area (TPSA) is 0 Å². The van der Waals surface area contributed by atoms with Crippen LogP contribution in [0, 0.1) is 12.3 Å². The molecule has 0 rings (SSSR count). The standard InChI is InChI=1S/C10H19Si.Li/c1-8-9(2)11(6,7)10(3,4)5;/h9H,2-7H3;/q-1;+1. The average Bonchev–Trinajstić information content (AvgIpc) is 1.83. The first-order valence-electron chi connectivity index (χ1n) is 4.15. The largest absolute Gasteiger partial charge is 1.00 e. The normalized spacial score (nSPS) is 14.4. The van der Waals surface area contributed by atoms with Crippen LogP contribution in [0.3, 0.4) is 0 Å². The van der Waals surface area contributed by atoms with E-state index in [0.717, 1.165) is 0 Å². The molecule has 0 saturated heterocycles. The third-order valence-electron chi connectivity index (χ3n) is 3.23. The number of rotatable bonds is 1. The molecule has 1 unspecified atom stereocenters. The van der Waals surface area contributed by atoms with Crippen LogP contribution >= 0.6 is 0 Å². The molecule has 1 atom stereocenters. The Kier molecular flexibility index (Phi) is 5.66. The first-order chi connectivity index (χ1) is 4.73. The molecule has 0 aliphatic heterocycles. The van der Waals surface area contributed by atoms with E-state index in [9.17, 15) is 0 Å². The zero-order valence-corrected chi connectivity index (χ0v) is 10.6. The average molecular weight is 174 g/mol. The molecular formula is C10H19LiSi. The fourth-order valence-corrected chi connectivity index (χ4v) is 2.49. The van der Waals surface area contributed by atoms with Gasteiger partial charge >= 0.3 is 18.9 Å². The molecule has 0 aromatic heterocycles. The van der Waals surface area contributed by atoms with Crippen molar-refractivity contribution in [1.82, 2.24) is 0 Å². The number of hydrogen-bond acceptors (Lipinski definition) is 0. The Balaban J connectivity index is 0. The van der Waals surface area contributed by atoms with Gasteiger partial charge in [-0.2, -0.15) is 0 Å². The molecule has 0 amide bonds. The molecular weight excluding hydrogens is 155 g/mol. The monoisotopic (exact) mass is 174 g/mol. The van der Waals surface area contributed by atoms with E-state index in [4.69, 9.17) is 6.42 Å². The summed E-state index contributed by atoms with van der Waals surface area (Å²) in [6.45, 7) is 13.6. The van der Waals surface area contributed by atoms with Gasteiger partial charge in [0, 0.05) is 0 Å². The van der Waals surface area contributed by atoms with E-state index in [-0.39, 0.29) is 18.9 Å². The Labute approximate surface area is 90.7 Å². The van der Waals surface area contributed by atoms with Crippen molar-refractivity contribution in [3.05, 3.63) is 6.42 Å². The minimum atomic E-state index is -1.31. The van der Waals surface area contributed by atoms with E-state index >= 15 is 0 Å². The first-order valence-corrected chi connectivity index (χ1v) is 7.23. The van der Waals surface area contributed by atoms with Gasteiger partial charge in [0.25, 0.3) is 0 Å². The van der Waals surface area contributed by atoms with Crippen LogP contribution in [0.4, 0.5) is 0 Å². The van der Waals surface area contributed by atoms with Crippen molar-refractivity contribution < 1.29 is 18.9 Å². The van der Waals surface area contributed by atoms with Gasteiger partial charge in [-0.3, -0.25) is 0 Å². The van der Waals surface area contributed by atoms with Crippen LogP contribution < -0.4 is 18.9 Å². The van der Waals surface area contributed by atoms with Gasteiger partial charge in [-0.05, 0) is 10.6 Å². The summed E-state index contributed by atoms with van der Waals surface area (Å²) in [6.07, 6.45) is 7.13. The van der Waals surface area contributed by atoms with Crippen molar-refractivity contribution in [2.24, 2.45) is 0 Å². The van der Waals surface area contributed by atoms with E-state index in [0.29, 0.717) is 10.6 Å². The fraction of sp³-hybridized carbons (Fsp3) is 0.800. The summed E-state index contributed by atoms with van der Waals surface area (Å²) in [5, 5.41) is 0.375. The van der Waals surface area contributed by atoms with Crippen LogP contribution in [-0.2, 0) is 0 Å². The van der Waals surface area contributed by atoms with Crippen molar-refractivity contribution in [2.75, 3.05) is 0 Å². The second-order valence-electron chi connectivity index (χ2n) is 4.84. The van der Waals surface area contributed by atoms with Crippen LogP contribution in [0.5, 0.6) is 0 Å². The Bertz CT molecular complexity index is 171. The first kappa shape index (κ1) is 14.9. The van der Waals surface area contributed by atoms with Crippen LogP contribution in [0.25, 0.3) is 0 Å². The Morgan fingerprint density at radius 3 is 1.67 bits per heavy atom. The maximum Gasteiger partial charge on any atom is 1.00 e. The fourth-order valence-electron chi connectivity index (χ4n) is 0.830. The van der Waals surface area contributed by atoms with Crippen molar-refractivity contribution in [1.29, 1.82) is 0 Å². The molecule has 0 aliphatic carbocycles. The van der Waals surface area contributed by atoms with E-state index in [2.05, 4.69) is 46.7 Å². The second-order valence-corrected chi connectivity index (χ2v) is 10.6. The molecule has 0 nitrogen and oxygen atoms in total. The molecule has 0 aromatic rings. The Morgan fingerprint density at radius 1 is 1.25 bits per heavy atom. The molecule has 0 fully saturated rings. The molecule has 0 heterocycles. The maximum absolute atomic E-state index is 7.13. The van der Waals surface area contributed by atoms with Crippen LogP contribution in [0.1, 0.15) is 27.7 Å². The van der Waals surface area contributed by atoms with Crippen LogP contribution in [-0.4, -0.2) is 8.07 Å². The molecule has 2 heteroatoms. The SMILES string of the molecule is [C-]#CC(C)[Si](C)(C)C(C)(C)C.[Li+]. The van der Waals surface area contributed by atoms with Crippen molar-refractivity contribution in [3.8, 4) is 5.92 Å².